The molecule has 0 N–H and O–H groups in total. The van der Waals surface area contributed by atoms with Crippen LogP contribution in [0.3, 0.4) is 0 Å². The van der Waals surface area contributed by atoms with Gasteiger partial charge in [-0.15, -0.1) is 0 Å². The molecular weight excluding hydrogens is 320 g/mol. The number of carbonyl (C=O) groups excluding carboxylic acids is 1. The fourth-order valence-electron chi connectivity index (χ4n) is 2.93. The molecule has 25 heavy (non-hydrogen) atoms. The zero-order valence-corrected chi connectivity index (χ0v) is 15.1. The molecule has 6 heteroatoms. The van der Waals surface area contributed by atoms with E-state index in [0.717, 1.165) is 17.0 Å². The van der Waals surface area contributed by atoms with E-state index in [0.29, 0.717) is 31.1 Å². The minimum Gasteiger partial charge on any atom is -0.489 e. The van der Waals surface area contributed by atoms with Gasteiger partial charge in [-0.1, -0.05) is 11.2 Å². The first-order valence-electron chi connectivity index (χ1n) is 8.53. The first-order chi connectivity index (χ1) is 12.0. The van der Waals surface area contributed by atoms with Crippen molar-refractivity contribution >= 4 is 5.91 Å². The van der Waals surface area contributed by atoms with E-state index in [4.69, 9.17) is 14.0 Å². The summed E-state index contributed by atoms with van der Waals surface area (Å²) in [5.41, 5.74) is 2.38. The van der Waals surface area contributed by atoms with Crippen LogP contribution in [0.4, 0.5) is 0 Å². The molecule has 0 radical (unpaired) electrons. The van der Waals surface area contributed by atoms with Crippen LogP contribution in [-0.2, 0) is 11.3 Å². The van der Waals surface area contributed by atoms with Gasteiger partial charge >= 0.3 is 0 Å². The number of ether oxygens (including phenoxy) is 2. The van der Waals surface area contributed by atoms with Crippen LogP contribution in [-0.4, -0.2) is 41.3 Å². The number of amides is 1. The second-order valence-electron chi connectivity index (χ2n) is 6.57. The fourth-order valence-corrected chi connectivity index (χ4v) is 2.93. The number of aryl methyl sites for hydroxylation is 2. The Morgan fingerprint density at radius 2 is 2.16 bits per heavy atom. The predicted molar refractivity (Wildman–Crippen MR) is 92.7 cm³/mol. The number of hydrogen-bond donors (Lipinski definition) is 0. The number of morpholine rings is 1. The van der Waals surface area contributed by atoms with E-state index in [9.17, 15) is 4.79 Å². The first-order valence-corrected chi connectivity index (χ1v) is 8.53. The number of rotatable bonds is 4. The quantitative estimate of drug-likeness (QED) is 0.853. The van der Waals surface area contributed by atoms with Gasteiger partial charge in [-0.3, -0.25) is 4.79 Å². The van der Waals surface area contributed by atoms with E-state index >= 15 is 0 Å². The third kappa shape index (κ3) is 3.85. The lowest BCUT2D eigenvalue weighted by atomic mass is 10.1. The number of aromatic nitrogens is 1. The van der Waals surface area contributed by atoms with E-state index in [1.54, 1.807) is 6.07 Å². The van der Waals surface area contributed by atoms with Gasteiger partial charge in [0, 0.05) is 12.1 Å². The fraction of sp³-hybridized carbons (Fsp3) is 0.474. The number of benzene rings is 1. The highest BCUT2D eigenvalue weighted by Crippen LogP contribution is 2.21. The van der Waals surface area contributed by atoms with Crippen molar-refractivity contribution in [2.45, 2.75) is 46.4 Å². The second-order valence-corrected chi connectivity index (χ2v) is 6.57. The molecule has 6 nitrogen and oxygen atoms in total. The van der Waals surface area contributed by atoms with Crippen molar-refractivity contribution in [1.29, 1.82) is 0 Å². The highest BCUT2D eigenvalue weighted by atomic mass is 16.5. The summed E-state index contributed by atoms with van der Waals surface area (Å²) in [7, 11) is 0. The van der Waals surface area contributed by atoms with Gasteiger partial charge in [-0.25, -0.2) is 0 Å². The molecule has 0 aliphatic carbocycles. The van der Waals surface area contributed by atoms with Crippen LogP contribution in [0.15, 0.2) is 28.8 Å². The zero-order valence-electron chi connectivity index (χ0n) is 15.1. The molecule has 0 spiro atoms. The molecule has 0 unspecified atom stereocenters. The molecule has 2 heterocycles. The SMILES string of the molecule is Cc1noc(C)c1COc1cccc(C(=O)N2C[C@H](C)OC[C@H]2C)c1. The molecule has 1 aromatic heterocycles. The van der Waals surface area contributed by atoms with E-state index in [-0.39, 0.29) is 18.1 Å². The van der Waals surface area contributed by atoms with Crippen LogP contribution in [0.5, 0.6) is 5.75 Å². The molecule has 1 aliphatic heterocycles. The minimum atomic E-state index is 0.00504. The van der Waals surface area contributed by atoms with E-state index in [1.165, 1.54) is 0 Å². The highest BCUT2D eigenvalue weighted by Gasteiger charge is 2.28. The first kappa shape index (κ1) is 17.5. The Morgan fingerprint density at radius 3 is 2.88 bits per heavy atom. The Hall–Kier alpha value is -2.34. The monoisotopic (exact) mass is 344 g/mol. The highest BCUT2D eigenvalue weighted by molar-refractivity contribution is 5.94. The summed E-state index contributed by atoms with van der Waals surface area (Å²) in [6.07, 6.45) is 0.0547. The van der Waals surface area contributed by atoms with Crippen LogP contribution in [0.25, 0.3) is 0 Å². The van der Waals surface area contributed by atoms with Gasteiger partial charge in [0.15, 0.2) is 0 Å². The Labute approximate surface area is 147 Å². The Bertz CT molecular complexity index is 736. The van der Waals surface area contributed by atoms with Gasteiger partial charge < -0.3 is 18.9 Å². The predicted octanol–water partition coefficient (Wildman–Crippen LogP) is 3.12. The topological polar surface area (TPSA) is 64.8 Å². The number of nitrogens with zero attached hydrogens (tertiary/aromatic N) is 2. The summed E-state index contributed by atoms with van der Waals surface area (Å²) in [6.45, 7) is 9.26. The molecule has 1 aromatic carbocycles. The van der Waals surface area contributed by atoms with Gasteiger partial charge in [0.05, 0.1) is 30.0 Å². The van der Waals surface area contributed by atoms with E-state index in [1.807, 2.05) is 50.8 Å². The van der Waals surface area contributed by atoms with Crippen molar-refractivity contribution in [3.63, 3.8) is 0 Å². The maximum Gasteiger partial charge on any atom is 0.254 e. The summed E-state index contributed by atoms with van der Waals surface area (Å²) in [5.74, 6) is 1.41. The van der Waals surface area contributed by atoms with Crippen LogP contribution < -0.4 is 4.74 Å². The van der Waals surface area contributed by atoms with Crippen LogP contribution in [0.1, 0.15) is 41.2 Å². The van der Waals surface area contributed by atoms with E-state index in [2.05, 4.69) is 5.16 Å². The Kier molecular flexibility index (Phi) is 5.08. The smallest absolute Gasteiger partial charge is 0.254 e. The molecule has 0 bridgehead atoms. The van der Waals surface area contributed by atoms with Crippen LogP contribution in [0, 0.1) is 13.8 Å². The van der Waals surface area contributed by atoms with Gasteiger partial charge in [0.25, 0.3) is 5.91 Å². The lowest BCUT2D eigenvalue weighted by Gasteiger charge is -2.36. The average molecular weight is 344 g/mol. The van der Waals surface area contributed by atoms with E-state index < -0.39 is 0 Å². The lowest BCUT2D eigenvalue weighted by molar-refractivity contribution is -0.0387. The molecule has 2 atom stereocenters. The standard InChI is InChI=1S/C19H24N2O4/c1-12-10-23-13(2)9-21(12)19(22)16-6-5-7-17(8-16)24-11-18-14(3)20-25-15(18)4/h5-8,12-13H,9-11H2,1-4H3/t12-,13+/m1/s1. The van der Waals surface area contributed by atoms with Crippen LogP contribution >= 0.6 is 0 Å². The molecule has 1 aliphatic rings. The molecule has 2 aromatic rings. The number of carbonyl (C=O) groups is 1. The number of hydrogen-bond acceptors (Lipinski definition) is 5. The van der Waals surface area contributed by atoms with Crippen molar-refractivity contribution in [1.82, 2.24) is 10.1 Å². The minimum absolute atomic E-state index is 0.00504. The summed E-state index contributed by atoms with van der Waals surface area (Å²) < 4.78 is 16.6. The molecule has 1 saturated heterocycles. The zero-order chi connectivity index (χ0) is 18.0. The van der Waals surface area contributed by atoms with Gasteiger partial charge in [-0.2, -0.15) is 0 Å². The average Bonchev–Trinajstić information content (AvgIpc) is 2.93. The molecule has 1 fully saturated rings. The molecule has 134 valence electrons. The molecule has 0 saturated carbocycles. The summed E-state index contributed by atoms with van der Waals surface area (Å²) in [5, 5.41) is 3.92. The normalized spacial score (nSPS) is 20.6. The molecular formula is C19H24N2O4. The van der Waals surface area contributed by atoms with Crippen molar-refractivity contribution in [3.8, 4) is 5.75 Å². The van der Waals surface area contributed by atoms with Crippen molar-refractivity contribution in [2.24, 2.45) is 0 Å². The van der Waals surface area contributed by atoms with Crippen molar-refractivity contribution < 1.29 is 18.8 Å². The third-order valence-electron chi connectivity index (χ3n) is 4.51. The van der Waals surface area contributed by atoms with Gasteiger partial charge in [0.2, 0.25) is 0 Å². The molecule has 1 amide bonds. The lowest BCUT2D eigenvalue weighted by Crippen LogP contribution is -2.50. The Balaban J connectivity index is 1.71. The third-order valence-corrected chi connectivity index (χ3v) is 4.51. The summed E-state index contributed by atoms with van der Waals surface area (Å²) in [4.78, 5) is 14.7. The Morgan fingerprint density at radius 1 is 1.36 bits per heavy atom. The maximum absolute atomic E-state index is 12.8. The van der Waals surface area contributed by atoms with Crippen LogP contribution in [0.2, 0.25) is 0 Å². The van der Waals surface area contributed by atoms with Gasteiger partial charge in [-0.05, 0) is 45.9 Å². The van der Waals surface area contributed by atoms with Crippen molar-refractivity contribution in [2.75, 3.05) is 13.2 Å². The van der Waals surface area contributed by atoms with Crippen molar-refractivity contribution in [3.05, 3.63) is 46.8 Å². The summed E-state index contributed by atoms with van der Waals surface area (Å²) in [6, 6.07) is 7.35. The van der Waals surface area contributed by atoms with Gasteiger partial charge in [0.1, 0.15) is 18.1 Å². The largest absolute Gasteiger partial charge is 0.489 e. The molecule has 3 rings (SSSR count). The summed E-state index contributed by atoms with van der Waals surface area (Å²) >= 11 is 0. The second kappa shape index (κ2) is 7.27. The maximum atomic E-state index is 12.8.